The average molecular weight is 339 g/mol. The summed E-state index contributed by atoms with van der Waals surface area (Å²) in [5, 5.41) is 0. The Morgan fingerprint density at radius 1 is 1.24 bits per heavy atom. The van der Waals surface area contributed by atoms with E-state index in [1.165, 1.54) is 4.57 Å². The van der Waals surface area contributed by atoms with E-state index in [9.17, 15) is 9.59 Å². The van der Waals surface area contributed by atoms with Gasteiger partial charge in [-0.25, -0.2) is 4.79 Å². The topological polar surface area (TPSA) is 68.3 Å². The molecule has 0 saturated heterocycles. The van der Waals surface area contributed by atoms with Gasteiger partial charge in [0.25, 0.3) is 5.91 Å². The smallest absolute Gasteiger partial charge is 0.408 e. The number of benzene rings is 1. The van der Waals surface area contributed by atoms with Gasteiger partial charge in [0.2, 0.25) is 0 Å². The van der Waals surface area contributed by atoms with Crippen molar-refractivity contribution in [2.75, 3.05) is 0 Å². The van der Waals surface area contributed by atoms with E-state index >= 15 is 0 Å². The Hall–Kier alpha value is -2.89. The molecule has 3 rings (SSSR count). The third-order valence-corrected chi connectivity index (χ3v) is 4.14. The molecule has 25 heavy (non-hydrogen) atoms. The van der Waals surface area contributed by atoms with Crippen LogP contribution < -0.4 is 5.76 Å². The Labute approximate surface area is 145 Å². The minimum absolute atomic E-state index is 0.117. The molecule has 1 amide bonds. The Morgan fingerprint density at radius 2 is 2.00 bits per heavy atom. The van der Waals surface area contributed by atoms with Gasteiger partial charge in [0.05, 0.1) is 17.8 Å². The number of aryl methyl sites for hydroxylation is 1. The summed E-state index contributed by atoms with van der Waals surface area (Å²) in [5.74, 6) is -0.561. The number of pyridine rings is 1. The van der Waals surface area contributed by atoms with Crippen LogP contribution >= 0.6 is 0 Å². The fourth-order valence-corrected chi connectivity index (χ4v) is 2.68. The number of nitrogens with zero attached hydrogens (tertiary/aromatic N) is 3. The van der Waals surface area contributed by atoms with Crippen LogP contribution in [-0.2, 0) is 13.6 Å². The van der Waals surface area contributed by atoms with Crippen molar-refractivity contribution in [3.8, 4) is 0 Å². The summed E-state index contributed by atoms with van der Waals surface area (Å²) < 4.78 is 6.52. The lowest BCUT2D eigenvalue weighted by molar-refractivity contribution is 0.0555. The summed E-state index contributed by atoms with van der Waals surface area (Å²) in [4.78, 5) is 30.9. The van der Waals surface area contributed by atoms with Crippen LogP contribution in [0.1, 0.15) is 36.8 Å². The summed E-state index contributed by atoms with van der Waals surface area (Å²) >= 11 is 0. The van der Waals surface area contributed by atoms with E-state index in [0.717, 1.165) is 5.69 Å². The van der Waals surface area contributed by atoms with Crippen LogP contribution in [0.15, 0.2) is 51.8 Å². The second-order valence-electron chi connectivity index (χ2n) is 6.99. The fourth-order valence-electron chi connectivity index (χ4n) is 2.68. The van der Waals surface area contributed by atoms with Crippen molar-refractivity contribution in [2.45, 2.75) is 32.9 Å². The van der Waals surface area contributed by atoms with Crippen LogP contribution in [0.25, 0.3) is 11.1 Å². The molecule has 0 bridgehead atoms. The molecule has 0 N–H and O–H groups in total. The number of hydrogen-bond acceptors (Lipinski definition) is 4. The Balaban J connectivity index is 2.00. The number of carbonyl (C=O) groups excluding carboxylic acids is 1. The Kier molecular flexibility index (Phi) is 4.20. The van der Waals surface area contributed by atoms with E-state index in [-0.39, 0.29) is 11.4 Å². The van der Waals surface area contributed by atoms with Gasteiger partial charge < -0.3 is 9.32 Å². The van der Waals surface area contributed by atoms with E-state index in [1.54, 1.807) is 36.3 Å². The maximum Gasteiger partial charge on any atom is 0.419 e. The minimum atomic E-state index is -0.444. The van der Waals surface area contributed by atoms with Crippen LogP contribution in [0.5, 0.6) is 0 Å². The van der Waals surface area contributed by atoms with Crippen LogP contribution in [0.4, 0.5) is 0 Å². The predicted molar refractivity (Wildman–Crippen MR) is 95.3 cm³/mol. The molecule has 0 aliphatic rings. The second kappa shape index (κ2) is 6.20. The molecule has 3 aromatic rings. The van der Waals surface area contributed by atoms with E-state index in [1.807, 2.05) is 39.0 Å². The third kappa shape index (κ3) is 3.33. The average Bonchev–Trinajstić information content (AvgIpc) is 2.86. The van der Waals surface area contributed by atoms with Gasteiger partial charge in [-0.2, -0.15) is 0 Å². The highest BCUT2D eigenvalue weighted by Crippen LogP contribution is 2.22. The third-order valence-electron chi connectivity index (χ3n) is 4.14. The number of carbonyl (C=O) groups is 1. The zero-order valence-electron chi connectivity index (χ0n) is 14.8. The van der Waals surface area contributed by atoms with Gasteiger partial charge in [-0.15, -0.1) is 0 Å². The lowest BCUT2D eigenvalue weighted by atomic mass is 10.0. The van der Waals surface area contributed by atoms with Crippen molar-refractivity contribution in [2.24, 2.45) is 7.05 Å². The van der Waals surface area contributed by atoms with E-state index in [0.29, 0.717) is 23.2 Å². The van der Waals surface area contributed by atoms with E-state index < -0.39 is 5.76 Å². The maximum atomic E-state index is 13.1. The maximum absolute atomic E-state index is 13.1. The summed E-state index contributed by atoms with van der Waals surface area (Å²) in [6.07, 6.45) is 1.72. The van der Waals surface area contributed by atoms with Crippen molar-refractivity contribution in [3.63, 3.8) is 0 Å². The van der Waals surface area contributed by atoms with Gasteiger partial charge in [-0.3, -0.25) is 14.3 Å². The van der Waals surface area contributed by atoms with Crippen LogP contribution in [0, 0.1) is 0 Å². The molecule has 0 aliphatic heterocycles. The number of aromatic nitrogens is 2. The predicted octanol–water partition coefficient (Wildman–Crippen LogP) is 2.97. The molecule has 0 fully saturated rings. The lowest BCUT2D eigenvalue weighted by Crippen LogP contribution is -2.45. The highest BCUT2D eigenvalue weighted by Gasteiger charge is 2.28. The molecule has 130 valence electrons. The summed E-state index contributed by atoms with van der Waals surface area (Å²) in [5.41, 5.74) is 2.02. The van der Waals surface area contributed by atoms with Crippen LogP contribution in [-0.4, -0.2) is 25.9 Å². The molecule has 0 atom stereocenters. The minimum Gasteiger partial charge on any atom is -0.408 e. The molecule has 1 aromatic carbocycles. The van der Waals surface area contributed by atoms with Crippen LogP contribution in [0.2, 0.25) is 0 Å². The fraction of sp³-hybridized carbons (Fsp3) is 0.316. The van der Waals surface area contributed by atoms with Crippen molar-refractivity contribution < 1.29 is 9.21 Å². The number of rotatable bonds is 3. The zero-order valence-corrected chi connectivity index (χ0v) is 14.8. The second-order valence-corrected chi connectivity index (χ2v) is 6.99. The summed E-state index contributed by atoms with van der Waals surface area (Å²) in [6, 6.07) is 10.7. The van der Waals surface area contributed by atoms with Gasteiger partial charge >= 0.3 is 5.76 Å². The molecule has 0 saturated carbocycles. The SMILES string of the molecule is Cn1c(=O)oc2ccc(C(=O)N(Cc3ccccn3)C(C)(C)C)cc21. The molecule has 6 nitrogen and oxygen atoms in total. The first-order chi connectivity index (χ1) is 11.8. The number of amides is 1. The number of fused-ring (bicyclic) bond motifs is 1. The van der Waals surface area contributed by atoms with Gasteiger partial charge in [-0.1, -0.05) is 6.07 Å². The monoisotopic (exact) mass is 339 g/mol. The van der Waals surface area contributed by atoms with Gasteiger partial charge in [-0.05, 0) is 51.1 Å². The first-order valence-corrected chi connectivity index (χ1v) is 8.09. The van der Waals surface area contributed by atoms with Crippen molar-refractivity contribution >= 4 is 17.0 Å². The molecule has 0 radical (unpaired) electrons. The number of hydrogen-bond donors (Lipinski definition) is 0. The molecular weight excluding hydrogens is 318 g/mol. The van der Waals surface area contributed by atoms with E-state index in [4.69, 9.17) is 4.42 Å². The molecule has 2 aromatic heterocycles. The number of oxazole rings is 1. The summed E-state index contributed by atoms with van der Waals surface area (Å²) in [6.45, 7) is 6.37. The van der Waals surface area contributed by atoms with Crippen LogP contribution in [0.3, 0.4) is 0 Å². The summed E-state index contributed by atoms with van der Waals surface area (Å²) in [7, 11) is 1.62. The Morgan fingerprint density at radius 3 is 2.64 bits per heavy atom. The molecule has 0 spiro atoms. The molecule has 2 heterocycles. The highest BCUT2D eigenvalue weighted by molar-refractivity contribution is 5.97. The Bertz CT molecular complexity index is 965. The van der Waals surface area contributed by atoms with Crippen molar-refractivity contribution in [1.82, 2.24) is 14.5 Å². The largest absolute Gasteiger partial charge is 0.419 e. The molecule has 6 heteroatoms. The zero-order chi connectivity index (χ0) is 18.2. The molecular formula is C19H21N3O3. The van der Waals surface area contributed by atoms with Crippen molar-refractivity contribution in [3.05, 3.63) is 64.4 Å². The highest BCUT2D eigenvalue weighted by atomic mass is 16.4. The van der Waals surface area contributed by atoms with Gasteiger partial charge in [0.15, 0.2) is 5.58 Å². The lowest BCUT2D eigenvalue weighted by Gasteiger charge is -2.35. The molecule has 0 unspecified atom stereocenters. The van der Waals surface area contributed by atoms with E-state index in [2.05, 4.69) is 4.98 Å². The van der Waals surface area contributed by atoms with Gasteiger partial charge in [0.1, 0.15) is 0 Å². The quantitative estimate of drug-likeness (QED) is 0.736. The molecule has 0 aliphatic carbocycles. The standard InChI is InChI=1S/C19H21N3O3/c1-19(2,3)22(12-14-7-5-6-10-20-14)17(23)13-8-9-16-15(11-13)21(4)18(24)25-16/h5-11H,12H2,1-4H3. The first kappa shape index (κ1) is 17.0. The first-order valence-electron chi connectivity index (χ1n) is 8.09. The normalized spacial score (nSPS) is 11.7. The van der Waals surface area contributed by atoms with Gasteiger partial charge in [0, 0.05) is 24.3 Å². The van der Waals surface area contributed by atoms with Crippen molar-refractivity contribution in [1.29, 1.82) is 0 Å².